The average molecular weight is 357 g/mol. The zero-order chi connectivity index (χ0) is 18.8. The molecule has 1 unspecified atom stereocenters. The number of nitrogens with one attached hydrogen (secondary N) is 2. The normalized spacial score (nSPS) is 19.4. The van der Waals surface area contributed by atoms with Gasteiger partial charge in [0.05, 0.1) is 11.1 Å². The monoisotopic (exact) mass is 357 g/mol. The summed E-state index contributed by atoms with van der Waals surface area (Å²) in [5, 5.41) is 4.86. The predicted octanol–water partition coefficient (Wildman–Crippen LogP) is 0.156. The minimum Gasteiger partial charge on any atom is -0.356 e. The van der Waals surface area contributed by atoms with E-state index in [4.69, 9.17) is 0 Å². The summed E-state index contributed by atoms with van der Waals surface area (Å²) in [6, 6.07) is 3.88. The molecule has 2 aliphatic heterocycles. The lowest BCUT2D eigenvalue weighted by Gasteiger charge is -2.27. The van der Waals surface area contributed by atoms with Crippen LogP contribution in [0.15, 0.2) is 18.2 Å². The Labute approximate surface area is 149 Å². The molecule has 1 aromatic carbocycles. The van der Waals surface area contributed by atoms with Crippen molar-refractivity contribution in [3.8, 4) is 0 Å². The highest BCUT2D eigenvalue weighted by Gasteiger charge is 2.44. The first-order chi connectivity index (χ1) is 12.4. The van der Waals surface area contributed by atoms with Crippen molar-refractivity contribution in [2.75, 3.05) is 6.54 Å². The van der Waals surface area contributed by atoms with Gasteiger partial charge in [-0.05, 0) is 37.5 Å². The molecule has 26 heavy (non-hydrogen) atoms. The van der Waals surface area contributed by atoms with Crippen LogP contribution in [0.3, 0.4) is 0 Å². The molecule has 0 aromatic heterocycles. The van der Waals surface area contributed by atoms with Crippen molar-refractivity contribution < 1.29 is 24.0 Å². The number of fused-ring (bicyclic) bond motifs is 1. The first-order valence-corrected chi connectivity index (χ1v) is 8.53. The number of benzene rings is 1. The molecule has 8 heteroatoms. The summed E-state index contributed by atoms with van der Waals surface area (Å²) in [5.74, 6) is -2.20. The third-order valence-corrected chi connectivity index (χ3v) is 4.52. The van der Waals surface area contributed by atoms with E-state index in [-0.39, 0.29) is 36.3 Å². The molecule has 0 aliphatic carbocycles. The number of amides is 5. The molecule has 0 spiro atoms. The van der Waals surface area contributed by atoms with Gasteiger partial charge in [0.1, 0.15) is 6.04 Å². The summed E-state index contributed by atoms with van der Waals surface area (Å²) < 4.78 is 0. The van der Waals surface area contributed by atoms with Gasteiger partial charge in [-0.1, -0.05) is 6.07 Å². The van der Waals surface area contributed by atoms with Gasteiger partial charge >= 0.3 is 0 Å². The van der Waals surface area contributed by atoms with Crippen LogP contribution in [0.5, 0.6) is 0 Å². The van der Waals surface area contributed by atoms with Crippen LogP contribution in [-0.2, 0) is 20.8 Å². The van der Waals surface area contributed by atoms with Crippen molar-refractivity contribution in [1.29, 1.82) is 0 Å². The maximum Gasteiger partial charge on any atom is 0.262 e. The van der Waals surface area contributed by atoms with Gasteiger partial charge in [-0.2, -0.15) is 0 Å². The molecule has 2 heterocycles. The Bertz CT molecular complexity index is 817. The van der Waals surface area contributed by atoms with Crippen LogP contribution < -0.4 is 10.6 Å². The SMILES string of the molecule is CCNC(=O)CCc1ccc2c(c1)C(=O)N(C1CCC(=O)NC1=O)C2=O. The lowest BCUT2D eigenvalue weighted by Crippen LogP contribution is -2.54. The minimum atomic E-state index is -0.973. The van der Waals surface area contributed by atoms with Crippen LogP contribution in [0.2, 0.25) is 0 Å². The molecule has 1 aromatic rings. The number of nitrogens with zero attached hydrogens (tertiary/aromatic N) is 1. The number of hydrogen-bond acceptors (Lipinski definition) is 5. The number of carbonyl (C=O) groups excluding carboxylic acids is 5. The number of hydrogen-bond donors (Lipinski definition) is 2. The Morgan fingerprint density at radius 3 is 2.62 bits per heavy atom. The van der Waals surface area contributed by atoms with Gasteiger partial charge in [-0.3, -0.25) is 34.2 Å². The fourth-order valence-electron chi connectivity index (χ4n) is 3.22. The zero-order valence-corrected chi connectivity index (χ0v) is 14.3. The van der Waals surface area contributed by atoms with E-state index in [9.17, 15) is 24.0 Å². The van der Waals surface area contributed by atoms with E-state index in [0.717, 1.165) is 10.5 Å². The minimum absolute atomic E-state index is 0.0828. The first kappa shape index (κ1) is 17.8. The highest BCUT2D eigenvalue weighted by Crippen LogP contribution is 2.28. The van der Waals surface area contributed by atoms with Crippen LogP contribution in [0.4, 0.5) is 0 Å². The van der Waals surface area contributed by atoms with E-state index >= 15 is 0 Å². The second kappa shape index (κ2) is 7.07. The number of imide groups is 2. The van der Waals surface area contributed by atoms with Gasteiger partial charge in [0.15, 0.2) is 0 Å². The summed E-state index contributed by atoms with van der Waals surface area (Å²) in [6.45, 7) is 2.39. The van der Waals surface area contributed by atoms with Gasteiger partial charge in [0.25, 0.3) is 11.8 Å². The van der Waals surface area contributed by atoms with Crippen LogP contribution in [0, 0.1) is 0 Å². The molecule has 0 saturated carbocycles. The molecular formula is C18H19N3O5. The van der Waals surface area contributed by atoms with Gasteiger partial charge in [-0.15, -0.1) is 0 Å². The third-order valence-electron chi connectivity index (χ3n) is 4.52. The predicted molar refractivity (Wildman–Crippen MR) is 90.1 cm³/mol. The van der Waals surface area contributed by atoms with E-state index < -0.39 is 29.7 Å². The molecule has 1 atom stereocenters. The van der Waals surface area contributed by atoms with Crippen LogP contribution in [0.1, 0.15) is 52.5 Å². The summed E-state index contributed by atoms with van der Waals surface area (Å²) in [7, 11) is 0. The fourth-order valence-corrected chi connectivity index (χ4v) is 3.22. The second-order valence-corrected chi connectivity index (χ2v) is 6.28. The van der Waals surface area contributed by atoms with E-state index in [1.807, 2.05) is 6.92 Å². The van der Waals surface area contributed by atoms with E-state index in [2.05, 4.69) is 10.6 Å². The van der Waals surface area contributed by atoms with Crippen molar-refractivity contribution in [2.45, 2.75) is 38.6 Å². The maximum atomic E-state index is 12.7. The molecule has 136 valence electrons. The topological polar surface area (TPSA) is 113 Å². The van der Waals surface area contributed by atoms with Crippen molar-refractivity contribution in [1.82, 2.24) is 15.5 Å². The Balaban J connectivity index is 1.78. The summed E-state index contributed by atoms with van der Waals surface area (Å²) >= 11 is 0. The molecule has 1 fully saturated rings. The van der Waals surface area contributed by atoms with Crippen molar-refractivity contribution >= 4 is 29.5 Å². The van der Waals surface area contributed by atoms with Crippen molar-refractivity contribution in [3.63, 3.8) is 0 Å². The van der Waals surface area contributed by atoms with Crippen LogP contribution in [0.25, 0.3) is 0 Å². The highest BCUT2D eigenvalue weighted by molar-refractivity contribution is 6.23. The largest absolute Gasteiger partial charge is 0.356 e. The number of carbonyl (C=O) groups is 5. The van der Waals surface area contributed by atoms with Crippen LogP contribution >= 0.6 is 0 Å². The van der Waals surface area contributed by atoms with Gasteiger partial charge in [-0.25, -0.2) is 0 Å². The Hall–Kier alpha value is -3.03. The van der Waals surface area contributed by atoms with Gasteiger partial charge in [0.2, 0.25) is 17.7 Å². The third kappa shape index (κ3) is 3.22. The zero-order valence-electron chi connectivity index (χ0n) is 14.3. The molecule has 0 bridgehead atoms. The molecule has 2 N–H and O–H groups in total. The van der Waals surface area contributed by atoms with E-state index in [0.29, 0.717) is 13.0 Å². The number of rotatable bonds is 5. The van der Waals surface area contributed by atoms with E-state index in [1.54, 1.807) is 18.2 Å². The Kier molecular flexibility index (Phi) is 4.83. The first-order valence-electron chi connectivity index (χ1n) is 8.53. The Morgan fingerprint density at radius 1 is 1.19 bits per heavy atom. The number of piperidine rings is 1. The quantitative estimate of drug-likeness (QED) is 0.729. The average Bonchev–Trinajstić information content (AvgIpc) is 2.85. The lowest BCUT2D eigenvalue weighted by molar-refractivity contribution is -0.136. The second-order valence-electron chi connectivity index (χ2n) is 6.28. The van der Waals surface area contributed by atoms with Crippen molar-refractivity contribution in [2.24, 2.45) is 0 Å². The standard InChI is InChI=1S/C18H19N3O5/c1-2-19-14(22)7-4-10-3-5-11-12(9-10)18(26)21(17(11)25)13-6-8-15(23)20-16(13)24/h3,5,9,13H,2,4,6-8H2,1H3,(H,19,22)(H,20,23,24). The summed E-state index contributed by atoms with van der Waals surface area (Å²) in [6.07, 6.45) is 0.937. The summed E-state index contributed by atoms with van der Waals surface area (Å²) in [5.41, 5.74) is 1.23. The highest BCUT2D eigenvalue weighted by atomic mass is 16.2. The molecule has 1 saturated heterocycles. The lowest BCUT2D eigenvalue weighted by atomic mass is 10.0. The van der Waals surface area contributed by atoms with Crippen molar-refractivity contribution in [3.05, 3.63) is 34.9 Å². The maximum absolute atomic E-state index is 12.7. The van der Waals surface area contributed by atoms with Crippen LogP contribution in [-0.4, -0.2) is 47.0 Å². The molecule has 8 nitrogen and oxygen atoms in total. The molecule has 2 aliphatic rings. The van der Waals surface area contributed by atoms with E-state index in [1.165, 1.54) is 0 Å². The Morgan fingerprint density at radius 2 is 1.92 bits per heavy atom. The molecule has 0 radical (unpaired) electrons. The molecule has 5 amide bonds. The summed E-state index contributed by atoms with van der Waals surface area (Å²) in [4.78, 5) is 61.1. The molecular weight excluding hydrogens is 338 g/mol. The smallest absolute Gasteiger partial charge is 0.262 e. The molecule has 3 rings (SSSR count). The van der Waals surface area contributed by atoms with Gasteiger partial charge < -0.3 is 5.32 Å². The fraction of sp³-hybridized carbons (Fsp3) is 0.389. The van der Waals surface area contributed by atoms with Gasteiger partial charge in [0, 0.05) is 19.4 Å². The number of aryl methyl sites for hydroxylation is 1.